The predicted molar refractivity (Wildman–Crippen MR) is 83.9 cm³/mol. The van der Waals surface area contributed by atoms with Crippen LogP contribution in [-0.4, -0.2) is 23.5 Å². The fourth-order valence-corrected chi connectivity index (χ4v) is 3.25. The Balaban J connectivity index is 2.07. The Morgan fingerprint density at radius 3 is 2.63 bits per heavy atom. The molecule has 2 unspecified atom stereocenters. The molecule has 2 heteroatoms. The zero-order valence-corrected chi connectivity index (χ0v) is 13.0. The lowest BCUT2D eigenvalue weighted by Gasteiger charge is -2.35. The monoisotopic (exact) mass is 279 g/mol. The minimum Gasteiger partial charge on any atom is -0.297 e. The largest absolute Gasteiger partial charge is 0.297 e. The molecule has 19 heavy (non-hydrogen) atoms. The van der Waals surface area contributed by atoms with Crippen LogP contribution in [-0.2, 0) is 6.42 Å². The third-order valence-corrected chi connectivity index (χ3v) is 4.72. The first-order valence-corrected chi connectivity index (χ1v) is 8.08. The highest BCUT2D eigenvalue weighted by molar-refractivity contribution is 6.30. The number of hydrogen-bond donors (Lipinski definition) is 0. The van der Waals surface area contributed by atoms with E-state index in [9.17, 15) is 0 Å². The average Bonchev–Trinajstić information content (AvgIpc) is 2.66. The van der Waals surface area contributed by atoms with Crippen molar-refractivity contribution in [1.82, 2.24) is 4.90 Å². The number of hydrogen-bond acceptors (Lipinski definition) is 1. The lowest BCUT2D eigenvalue weighted by molar-refractivity contribution is 0.142. The van der Waals surface area contributed by atoms with Gasteiger partial charge in [0.15, 0.2) is 0 Å². The summed E-state index contributed by atoms with van der Waals surface area (Å²) in [6.45, 7) is 5.95. The predicted octanol–water partition coefficient (Wildman–Crippen LogP) is 4.93. The van der Waals surface area contributed by atoms with Crippen LogP contribution in [0.3, 0.4) is 0 Å². The molecule has 0 saturated carbocycles. The molecule has 0 spiro atoms. The Morgan fingerprint density at radius 1 is 1.21 bits per heavy atom. The number of rotatable bonds is 4. The van der Waals surface area contributed by atoms with Crippen molar-refractivity contribution in [2.45, 2.75) is 64.5 Å². The Labute approximate surface area is 123 Å². The van der Waals surface area contributed by atoms with Crippen LogP contribution in [0.4, 0.5) is 0 Å². The first kappa shape index (κ1) is 14.9. The smallest absolute Gasteiger partial charge is 0.0406 e. The fourth-order valence-electron chi connectivity index (χ4n) is 3.13. The number of benzene rings is 1. The zero-order valence-electron chi connectivity index (χ0n) is 12.2. The van der Waals surface area contributed by atoms with Crippen molar-refractivity contribution in [3.63, 3.8) is 0 Å². The van der Waals surface area contributed by atoms with Crippen LogP contribution in [0.25, 0.3) is 0 Å². The maximum atomic E-state index is 5.97. The average molecular weight is 280 g/mol. The van der Waals surface area contributed by atoms with Gasteiger partial charge in [0.2, 0.25) is 0 Å². The molecule has 0 radical (unpaired) electrons. The van der Waals surface area contributed by atoms with Gasteiger partial charge in [-0.25, -0.2) is 0 Å². The van der Waals surface area contributed by atoms with Crippen molar-refractivity contribution >= 4 is 11.6 Å². The first-order valence-electron chi connectivity index (χ1n) is 7.71. The molecule has 106 valence electrons. The van der Waals surface area contributed by atoms with Crippen molar-refractivity contribution in [2.75, 3.05) is 6.54 Å². The van der Waals surface area contributed by atoms with Gasteiger partial charge < -0.3 is 0 Å². The molecule has 2 rings (SSSR count). The second-order valence-corrected chi connectivity index (χ2v) is 6.27. The second kappa shape index (κ2) is 7.31. The van der Waals surface area contributed by atoms with Crippen LogP contribution in [0, 0.1) is 0 Å². The van der Waals surface area contributed by atoms with Crippen molar-refractivity contribution in [3.05, 3.63) is 34.9 Å². The van der Waals surface area contributed by atoms with E-state index < -0.39 is 0 Å². The normalized spacial score (nSPS) is 23.0. The van der Waals surface area contributed by atoms with E-state index in [-0.39, 0.29) is 0 Å². The molecule has 1 heterocycles. The molecule has 1 aliphatic rings. The van der Waals surface area contributed by atoms with Crippen molar-refractivity contribution in [2.24, 2.45) is 0 Å². The van der Waals surface area contributed by atoms with Gasteiger partial charge in [-0.15, -0.1) is 0 Å². The van der Waals surface area contributed by atoms with Crippen LogP contribution in [0.2, 0.25) is 5.02 Å². The molecule has 2 atom stereocenters. The standard InChI is InChI=1S/C17H26ClN/c1-3-14(2)19-12-6-4-5-7-17(19)13-15-8-10-16(18)11-9-15/h8-11,14,17H,3-7,12-13H2,1-2H3. The Bertz CT molecular complexity index is 373. The Kier molecular flexibility index (Phi) is 5.72. The summed E-state index contributed by atoms with van der Waals surface area (Å²) in [6.07, 6.45) is 7.89. The second-order valence-electron chi connectivity index (χ2n) is 5.83. The molecule has 0 aromatic heterocycles. The molecule has 0 bridgehead atoms. The van der Waals surface area contributed by atoms with Gasteiger partial charge in [0, 0.05) is 17.1 Å². The first-order chi connectivity index (χ1) is 9.20. The molecule has 0 N–H and O–H groups in total. The van der Waals surface area contributed by atoms with E-state index in [1.54, 1.807) is 0 Å². The number of likely N-dealkylation sites (tertiary alicyclic amines) is 1. The summed E-state index contributed by atoms with van der Waals surface area (Å²) < 4.78 is 0. The van der Waals surface area contributed by atoms with Gasteiger partial charge >= 0.3 is 0 Å². The van der Waals surface area contributed by atoms with Crippen LogP contribution in [0.1, 0.15) is 51.5 Å². The van der Waals surface area contributed by atoms with Crippen molar-refractivity contribution in [1.29, 1.82) is 0 Å². The van der Waals surface area contributed by atoms with Crippen LogP contribution < -0.4 is 0 Å². The number of nitrogens with zero attached hydrogens (tertiary/aromatic N) is 1. The summed E-state index contributed by atoms with van der Waals surface area (Å²) in [5, 5.41) is 0.836. The van der Waals surface area contributed by atoms with E-state index in [0.717, 1.165) is 5.02 Å². The maximum absolute atomic E-state index is 5.97. The van der Waals surface area contributed by atoms with E-state index in [2.05, 4.69) is 30.9 Å². The van der Waals surface area contributed by atoms with Crippen molar-refractivity contribution < 1.29 is 0 Å². The van der Waals surface area contributed by atoms with Gasteiger partial charge in [-0.05, 0) is 56.8 Å². The molecule has 0 aliphatic carbocycles. The van der Waals surface area contributed by atoms with Gasteiger partial charge in [0.1, 0.15) is 0 Å². The summed E-state index contributed by atoms with van der Waals surface area (Å²) in [4.78, 5) is 2.74. The lowest BCUT2D eigenvalue weighted by Crippen LogP contribution is -2.42. The molecule has 1 aromatic rings. The molecule has 1 nitrogen and oxygen atoms in total. The van der Waals surface area contributed by atoms with Crippen LogP contribution in [0.5, 0.6) is 0 Å². The third kappa shape index (κ3) is 4.22. The van der Waals surface area contributed by atoms with E-state index in [4.69, 9.17) is 11.6 Å². The molecule has 1 aliphatic heterocycles. The van der Waals surface area contributed by atoms with Gasteiger partial charge in [-0.1, -0.05) is 43.5 Å². The Hall–Kier alpha value is -0.530. The summed E-state index contributed by atoms with van der Waals surface area (Å²) in [6, 6.07) is 9.81. The third-order valence-electron chi connectivity index (χ3n) is 4.46. The van der Waals surface area contributed by atoms with Crippen LogP contribution >= 0.6 is 11.6 Å². The van der Waals surface area contributed by atoms with Gasteiger partial charge in [0.05, 0.1) is 0 Å². The van der Waals surface area contributed by atoms with Crippen molar-refractivity contribution in [3.8, 4) is 0 Å². The topological polar surface area (TPSA) is 3.24 Å². The summed E-state index contributed by atoms with van der Waals surface area (Å²) in [5.74, 6) is 0. The lowest BCUT2D eigenvalue weighted by atomic mass is 9.99. The van der Waals surface area contributed by atoms with E-state index >= 15 is 0 Å². The molecule has 0 amide bonds. The molecule has 1 fully saturated rings. The molecular formula is C17H26ClN. The summed E-state index contributed by atoms with van der Waals surface area (Å²) in [7, 11) is 0. The van der Waals surface area contributed by atoms with Gasteiger partial charge in [-0.2, -0.15) is 0 Å². The summed E-state index contributed by atoms with van der Waals surface area (Å²) >= 11 is 5.97. The Morgan fingerprint density at radius 2 is 1.95 bits per heavy atom. The zero-order chi connectivity index (χ0) is 13.7. The number of halogens is 1. The summed E-state index contributed by atoms with van der Waals surface area (Å²) in [5.41, 5.74) is 1.42. The van der Waals surface area contributed by atoms with E-state index in [0.29, 0.717) is 12.1 Å². The van der Waals surface area contributed by atoms with E-state index in [1.807, 2.05) is 12.1 Å². The molecule has 1 saturated heterocycles. The fraction of sp³-hybridized carbons (Fsp3) is 0.647. The highest BCUT2D eigenvalue weighted by Crippen LogP contribution is 2.24. The minimum absolute atomic E-state index is 0.704. The van der Waals surface area contributed by atoms with Gasteiger partial charge in [-0.3, -0.25) is 4.90 Å². The van der Waals surface area contributed by atoms with Crippen LogP contribution in [0.15, 0.2) is 24.3 Å². The minimum atomic E-state index is 0.704. The SMILES string of the molecule is CCC(C)N1CCCCCC1Cc1ccc(Cl)cc1. The molecular weight excluding hydrogens is 254 g/mol. The van der Waals surface area contributed by atoms with Gasteiger partial charge in [0.25, 0.3) is 0 Å². The quantitative estimate of drug-likeness (QED) is 0.756. The maximum Gasteiger partial charge on any atom is 0.0406 e. The highest BCUT2D eigenvalue weighted by Gasteiger charge is 2.24. The molecule has 1 aromatic carbocycles. The highest BCUT2D eigenvalue weighted by atomic mass is 35.5. The van der Waals surface area contributed by atoms with E-state index in [1.165, 1.54) is 50.6 Å².